The van der Waals surface area contributed by atoms with E-state index in [4.69, 9.17) is 10.5 Å². The van der Waals surface area contributed by atoms with Gasteiger partial charge in [-0.25, -0.2) is 4.98 Å². The fourth-order valence-corrected chi connectivity index (χ4v) is 1.99. The monoisotopic (exact) mass is 296 g/mol. The predicted octanol–water partition coefficient (Wildman–Crippen LogP) is 1.62. The first kappa shape index (κ1) is 12.1. The molecule has 0 saturated heterocycles. The molecule has 0 aliphatic carbocycles. The minimum absolute atomic E-state index is 0.367. The summed E-state index contributed by atoms with van der Waals surface area (Å²) in [5.74, 6) is 1.53. The molecule has 2 aromatic rings. The number of nitrogens with zero attached hydrogens (tertiary/aromatic N) is 3. The number of benzene rings is 1. The molecule has 17 heavy (non-hydrogen) atoms. The average molecular weight is 297 g/mol. The van der Waals surface area contributed by atoms with Gasteiger partial charge in [-0.2, -0.15) is 5.10 Å². The lowest BCUT2D eigenvalue weighted by Crippen LogP contribution is -2.07. The van der Waals surface area contributed by atoms with Crippen LogP contribution in [0.3, 0.4) is 0 Å². The van der Waals surface area contributed by atoms with Crippen molar-refractivity contribution in [3.63, 3.8) is 0 Å². The first-order valence-electron chi connectivity index (χ1n) is 5.15. The highest BCUT2D eigenvalue weighted by Crippen LogP contribution is 2.29. The molecule has 1 heterocycles. The normalized spacial score (nSPS) is 10.5. The highest BCUT2D eigenvalue weighted by Gasteiger charge is 2.08. The maximum Gasteiger partial charge on any atom is 0.164 e. The average Bonchev–Trinajstić information content (AvgIpc) is 2.73. The Balaban J connectivity index is 2.16. The summed E-state index contributed by atoms with van der Waals surface area (Å²) in [5, 5.41) is 3.98. The number of ether oxygens (including phenoxy) is 1. The quantitative estimate of drug-likeness (QED) is 0.931. The Morgan fingerprint density at radius 2 is 2.29 bits per heavy atom. The standard InChI is InChI=1S/C11H13BrN4O/c1-16-10(14-7-15-16)6-17-11-8(5-13)3-2-4-9(11)12/h2-4,7H,5-6,13H2,1H3. The largest absolute Gasteiger partial charge is 0.484 e. The van der Waals surface area contributed by atoms with Crippen molar-refractivity contribution in [1.29, 1.82) is 0 Å². The second-order valence-electron chi connectivity index (χ2n) is 3.52. The molecule has 0 spiro atoms. The third-order valence-electron chi connectivity index (χ3n) is 2.42. The van der Waals surface area contributed by atoms with Crippen LogP contribution in [0.5, 0.6) is 5.75 Å². The van der Waals surface area contributed by atoms with Crippen molar-refractivity contribution in [2.45, 2.75) is 13.2 Å². The van der Waals surface area contributed by atoms with Crippen molar-refractivity contribution in [2.75, 3.05) is 0 Å². The number of para-hydroxylation sites is 1. The van der Waals surface area contributed by atoms with E-state index in [0.29, 0.717) is 13.2 Å². The maximum absolute atomic E-state index is 5.73. The van der Waals surface area contributed by atoms with Gasteiger partial charge in [0.2, 0.25) is 0 Å². The first-order chi connectivity index (χ1) is 8.22. The van der Waals surface area contributed by atoms with Crippen molar-refractivity contribution >= 4 is 15.9 Å². The van der Waals surface area contributed by atoms with Crippen molar-refractivity contribution in [2.24, 2.45) is 12.8 Å². The van der Waals surface area contributed by atoms with Crippen LogP contribution in [0.2, 0.25) is 0 Å². The predicted molar refractivity (Wildman–Crippen MR) is 67.4 cm³/mol. The van der Waals surface area contributed by atoms with Gasteiger partial charge in [0, 0.05) is 19.2 Å². The summed E-state index contributed by atoms with van der Waals surface area (Å²) in [6.07, 6.45) is 1.50. The molecule has 5 nitrogen and oxygen atoms in total. The van der Waals surface area contributed by atoms with Crippen LogP contribution in [-0.4, -0.2) is 14.8 Å². The molecule has 0 aliphatic rings. The lowest BCUT2D eigenvalue weighted by atomic mass is 10.2. The molecule has 0 unspecified atom stereocenters. The van der Waals surface area contributed by atoms with E-state index in [1.165, 1.54) is 6.33 Å². The van der Waals surface area contributed by atoms with Crippen molar-refractivity contribution in [3.8, 4) is 5.75 Å². The molecule has 1 aromatic carbocycles. The molecule has 2 rings (SSSR count). The molecule has 2 N–H and O–H groups in total. The lowest BCUT2D eigenvalue weighted by molar-refractivity contribution is 0.285. The van der Waals surface area contributed by atoms with Crippen LogP contribution >= 0.6 is 15.9 Å². The van der Waals surface area contributed by atoms with Crippen LogP contribution in [0, 0.1) is 0 Å². The number of hydrogen-bond donors (Lipinski definition) is 1. The molecular formula is C11H13BrN4O. The van der Waals surface area contributed by atoms with E-state index in [9.17, 15) is 0 Å². The zero-order valence-corrected chi connectivity index (χ0v) is 11.0. The molecule has 90 valence electrons. The van der Waals surface area contributed by atoms with Gasteiger partial charge in [-0.15, -0.1) is 0 Å². The first-order valence-corrected chi connectivity index (χ1v) is 5.94. The van der Waals surface area contributed by atoms with Gasteiger partial charge in [-0.3, -0.25) is 4.68 Å². The van der Waals surface area contributed by atoms with E-state index in [2.05, 4.69) is 26.0 Å². The smallest absolute Gasteiger partial charge is 0.164 e. The Kier molecular flexibility index (Phi) is 3.75. The summed E-state index contributed by atoms with van der Waals surface area (Å²) in [7, 11) is 1.83. The van der Waals surface area contributed by atoms with Gasteiger partial charge in [0.1, 0.15) is 18.7 Å². The molecule has 1 aromatic heterocycles. The van der Waals surface area contributed by atoms with Gasteiger partial charge in [0.05, 0.1) is 4.47 Å². The summed E-state index contributed by atoms with van der Waals surface area (Å²) >= 11 is 3.45. The zero-order chi connectivity index (χ0) is 12.3. The van der Waals surface area contributed by atoms with Gasteiger partial charge < -0.3 is 10.5 Å². The second-order valence-corrected chi connectivity index (χ2v) is 4.38. The van der Waals surface area contributed by atoms with Crippen molar-refractivity contribution in [3.05, 3.63) is 40.4 Å². The van der Waals surface area contributed by atoms with Gasteiger partial charge in [0.15, 0.2) is 5.82 Å². The van der Waals surface area contributed by atoms with Crippen molar-refractivity contribution in [1.82, 2.24) is 14.8 Å². The summed E-state index contributed by atoms with van der Waals surface area (Å²) in [5.41, 5.74) is 6.62. The minimum atomic E-state index is 0.367. The number of aryl methyl sites for hydroxylation is 1. The third-order valence-corrected chi connectivity index (χ3v) is 3.04. The van der Waals surface area contributed by atoms with E-state index >= 15 is 0 Å². The topological polar surface area (TPSA) is 66.0 Å². The van der Waals surface area contributed by atoms with Gasteiger partial charge in [0.25, 0.3) is 0 Å². The fourth-order valence-electron chi connectivity index (χ4n) is 1.46. The zero-order valence-electron chi connectivity index (χ0n) is 9.43. The molecule has 0 bridgehead atoms. The molecule has 0 aliphatic heterocycles. The second kappa shape index (κ2) is 5.29. The SMILES string of the molecule is Cn1ncnc1COc1c(Br)cccc1CN. The van der Waals surface area contributed by atoms with Gasteiger partial charge >= 0.3 is 0 Å². The molecule has 0 fully saturated rings. The maximum atomic E-state index is 5.73. The highest BCUT2D eigenvalue weighted by molar-refractivity contribution is 9.10. The van der Waals surface area contributed by atoms with Crippen molar-refractivity contribution < 1.29 is 4.74 Å². The van der Waals surface area contributed by atoms with Crippen LogP contribution < -0.4 is 10.5 Å². The van der Waals surface area contributed by atoms with E-state index in [1.54, 1.807) is 4.68 Å². The van der Waals surface area contributed by atoms with E-state index < -0.39 is 0 Å². The van der Waals surface area contributed by atoms with Crippen LogP contribution in [0.15, 0.2) is 29.0 Å². The van der Waals surface area contributed by atoms with Crippen LogP contribution in [0.4, 0.5) is 0 Å². The molecule has 6 heteroatoms. The molecule has 0 radical (unpaired) electrons. The Morgan fingerprint density at radius 3 is 2.94 bits per heavy atom. The molecule has 0 amide bonds. The Labute approximate surface area is 108 Å². The summed E-state index contributed by atoms with van der Waals surface area (Å²) < 4.78 is 8.30. The summed E-state index contributed by atoms with van der Waals surface area (Å²) in [6.45, 7) is 0.805. The Hall–Kier alpha value is -1.40. The third kappa shape index (κ3) is 2.65. The number of nitrogens with two attached hydrogens (primary N) is 1. The molecule has 0 saturated carbocycles. The Morgan fingerprint density at radius 1 is 1.47 bits per heavy atom. The number of rotatable bonds is 4. The van der Waals surface area contributed by atoms with Gasteiger partial charge in [-0.05, 0) is 22.0 Å². The fraction of sp³-hybridized carbons (Fsp3) is 0.273. The Bertz CT molecular complexity index is 512. The number of halogens is 1. The molecular weight excluding hydrogens is 284 g/mol. The number of hydrogen-bond acceptors (Lipinski definition) is 4. The van der Waals surface area contributed by atoms with E-state index in [-0.39, 0.29) is 0 Å². The molecule has 0 atom stereocenters. The van der Waals surface area contributed by atoms with E-state index in [0.717, 1.165) is 21.6 Å². The number of aromatic nitrogens is 3. The van der Waals surface area contributed by atoms with E-state index in [1.807, 2.05) is 25.2 Å². The summed E-state index contributed by atoms with van der Waals surface area (Å²) in [6, 6.07) is 5.80. The lowest BCUT2D eigenvalue weighted by Gasteiger charge is -2.11. The van der Waals surface area contributed by atoms with Crippen LogP contribution in [-0.2, 0) is 20.2 Å². The summed E-state index contributed by atoms with van der Waals surface area (Å²) in [4.78, 5) is 4.10. The van der Waals surface area contributed by atoms with Crippen LogP contribution in [0.25, 0.3) is 0 Å². The van der Waals surface area contributed by atoms with Gasteiger partial charge in [-0.1, -0.05) is 12.1 Å². The highest BCUT2D eigenvalue weighted by atomic mass is 79.9. The van der Waals surface area contributed by atoms with Crippen LogP contribution in [0.1, 0.15) is 11.4 Å². The minimum Gasteiger partial charge on any atom is -0.484 e.